The number of nitrogens with one attached hydrogen (secondary N) is 1. The minimum absolute atomic E-state index is 0.0682. The van der Waals surface area contributed by atoms with Crippen molar-refractivity contribution in [3.8, 4) is 0 Å². The fourth-order valence-electron chi connectivity index (χ4n) is 3.75. The largest absolute Gasteiger partial charge is 0.354 e. The maximum Gasteiger partial charge on any atom is 0.248 e. The van der Waals surface area contributed by atoms with E-state index < -0.39 is 5.54 Å². The molecule has 0 atom stereocenters. The lowest BCUT2D eigenvalue weighted by atomic mass is 9.86. The molecule has 1 aliphatic carbocycles. The average Bonchev–Trinajstić information content (AvgIpc) is 3.33. The molecule has 2 heterocycles. The Morgan fingerprint density at radius 1 is 1.23 bits per heavy atom. The zero-order valence-electron chi connectivity index (χ0n) is 14.9. The van der Waals surface area contributed by atoms with E-state index >= 15 is 0 Å². The van der Waals surface area contributed by atoms with E-state index in [9.17, 15) is 9.18 Å². The molecule has 1 saturated carbocycles. The predicted molar refractivity (Wildman–Crippen MR) is 96.8 cm³/mol. The van der Waals surface area contributed by atoms with E-state index in [0.29, 0.717) is 30.9 Å². The van der Waals surface area contributed by atoms with Crippen LogP contribution in [0.1, 0.15) is 31.2 Å². The smallest absolute Gasteiger partial charge is 0.248 e. The van der Waals surface area contributed by atoms with Crippen LogP contribution in [-0.2, 0) is 16.9 Å². The molecule has 0 unspecified atom stereocenters. The average molecular weight is 356 g/mol. The number of aromatic nitrogens is 2. The zero-order chi connectivity index (χ0) is 18.0. The summed E-state index contributed by atoms with van der Waals surface area (Å²) < 4.78 is 15.7. The Labute approximate surface area is 153 Å². The molecule has 2 aromatic rings. The number of rotatable bonds is 6. The molecule has 138 valence electrons. The SMILES string of the molecule is O=C(NCC1CC1)C1(n2cccn2)CCN(Cc2ccccc2F)CC1. The summed E-state index contributed by atoms with van der Waals surface area (Å²) in [6.07, 6.45) is 7.39. The van der Waals surface area contributed by atoms with Gasteiger partial charge in [-0.1, -0.05) is 18.2 Å². The van der Waals surface area contributed by atoms with Gasteiger partial charge in [-0.2, -0.15) is 5.10 Å². The van der Waals surface area contributed by atoms with E-state index in [2.05, 4.69) is 15.3 Å². The van der Waals surface area contributed by atoms with Crippen LogP contribution < -0.4 is 5.32 Å². The lowest BCUT2D eigenvalue weighted by molar-refractivity contribution is -0.133. The van der Waals surface area contributed by atoms with Crippen molar-refractivity contribution in [3.05, 3.63) is 54.1 Å². The number of carbonyl (C=O) groups is 1. The Bertz CT molecular complexity index is 749. The maximum absolute atomic E-state index is 13.9. The van der Waals surface area contributed by atoms with Crippen LogP contribution in [0.25, 0.3) is 0 Å². The normalized spacial score (nSPS) is 20.0. The monoisotopic (exact) mass is 356 g/mol. The Morgan fingerprint density at radius 2 is 2.00 bits per heavy atom. The number of nitrogens with zero attached hydrogens (tertiary/aromatic N) is 3. The summed E-state index contributed by atoms with van der Waals surface area (Å²) in [7, 11) is 0. The highest BCUT2D eigenvalue weighted by atomic mass is 19.1. The van der Waals surface area contributed by atoms with Gasteiger partial charge in [-0.05, 0) is 43.7 Å². The topological polar surface area (TPSA) is 50.2 Å². The second-order valence-corrected chi connectivity index (χ2v) is 7.50. The van der Waals surface area contributed by atoms with Crippen molar-refractivity contribution in [3.63, 3.8) is 0 Å². The van der Waals surface area contributed by atoms with Gasteiger partial charge >= 0.3 is 0 Å². The summed E-state index contributed by atoms with van der Waals surface area (Å²) in [5.41, 5.74) is 0.0710. The highest BCUT2D eigenvalue weighted by Gasteiger charge is 2.44. The molecule has 2 aliphatic rings. The minimum Gasteiger partial charge on any atom is -0.354 e. The number of carbonyl (C=O) groups excluding carboxylic acids is 1. The van der Waals surface area contributed by atoms with E-state index in [0.717, 1.165) is 19.6 Å². The number of halogens is 1. The van der Waals surface area contributed by atoms with Crippen molar-refractivity contribution in [1.82, 2.24) is 20.0 Å². The van der Waals surface area contributed by atoms with Gasteiger partial charge in [0.05, 0.1) is 0 Å². The van der Waals surface area contributed by atoms with Crippen LogP contribution in [0, 0.1) is 11.7 Å². The molecule has 0 bridgehead atoms. The highest BCUT2D eigenvalue weighted by molar-refractivity contribution is 5.84. The molecule has 26 heavy (non-hydrogen) atoms. The van der Waals surface area contributed by atoms with Gasteiger partial charge in [0.1, 0.15) is 11.4 Å². The van der Waals surface area contributed by atoms with Crippen molar-refractivity contribution in [2.24, 2.45) is 5.92 Å². The Kier molecular flexibility index (Phi) is 4.76. The van der Waals surface area contributed by atoms with Crippen LogP contribution in [0.3, 0.4) is 0 Å². The van der Waals surface area contributed by atoms with E-state index in [4.69, 9.17) is 0 Å². The number of benzene rings is 1. The first-order valence-electron chi connectivity index (χ1n) is 9.41. The number of amides is 1. The highest BCUT2D eigenvalue weighted by Crippen LogP contribution is 2.32. The first-order chi connectivity index (χ1) is 12.7. The van der Waals surface area contributed by atoms with Gasteiger partial charge in [0, 0.05) is 44.1 Å². The Hall–Kier alpha value is -2.21. The van der Waals surface area contributed by atoms with Crippen molar-refractivity contribution < 1.29 is 9.18 Å². The van der Waals surface area contributed by atoms with E-state index in [1.165, 1.54) is 18.9 Å². The summed E-state index contributed by atoms with van der Waals surface area (Å²) in [5.74, 6) is 0.548. The van der Waals surface area contributed by atoms with Gasteiger partial charge in [0.15, 0.2) is 0 Å². The molecule has 1 saturated heterocycles. The third-order valence-corrected chi connectivity index (χ3v) is 5.65. The second-order valence-electron chi connectivity index (χ2n) is 7.50. The molecule has 1 aliphatic heterocycles. The molecule has 1 amide bonds. The predicted octanol–water partition coefficient (Wildman–Crippen LogP) is 2.54. The molecule has 0 radical (unpaired) electrons. The summed E-state index contributed by atoms with van der Waals surface area (Å²) in [5, 5.41) is 7.52. The van der Waals surface area contributed by atoms with Gasteiger partial charge < -0.3 is 5.32 Å². The quantitative estimate of drug-likeness (QED) is 0.865. The molecule has 4 rings (SSSR count). The molecule has 5 nitrogen and oxygen atoms in total. The van der Waals surface area contributed by atoms with Crippen molar-refractivity contribution in [1.29, 1.82) is 0 Å². The molecular formula is C20H25FN4O. The fourth-order valence-corrected chi connectivity index (χ4v) is 3.75. The van der Waals surface area contributed by atoms with Crippen molar-refractivity contribution >= 4 is 5.91 Å². The zero-order valence-corrected chi connectivity index (χ0v) is 14.9. The molecule has 1 N–H and O–H groups in total. The van der Waals surface area contributed by atoms with E-state index in [1.807, 2.05) is 29.1 Å². The lowest BCUT2D eigenvalue weighted by Crippen LogP contribution is -2.55. The van der Waals surface area contributed by atoms with E-state index in [1.54, 1.807) is 12.3 Å². The van der Waals surface area contributed by atoms with Gasteiger partial charge in [-0.15, -0.1) is 0 Å². The maximum atomic E-state index is 13.9. The fraction of sp³-hybridized carbons (Fsp3) is 0.500. The molecule has 1 aromatic carbocycles. The summed E-state index contributed by atoms with van der Waals surface area (Å²) in [6.45, 7) is 2.82. The van der Waals surface area contributed by atoms with Crippen LogP contribution >= 0.6 is 0 Å². The summed E-state index contributed by atoms with van der Waals surface area (Å²) >= 11 is 0. The number of hydrogen-bond donors (Lipinski definition) is 1. The first-order valence-corrected chi connectivity index (χ1v) is 9.41. The van der Waals surface area contributed by atoms with Crippen LogP contribution in [0.4, 0.5) is 4.39 Å². The third-order valence-electron chi connectivity index (χ3n) is 5.65. The molecule has 6 heteroatoms. The van der Waals surface area contributed by atoms with Gasteiger partial charge in [-0.25, -0.2) is 4.39 Å². The van der Waals surface area contributed by atoms with Gasteiger partial charge in [0.25, 0.3) is 0 Å². The number of likely N-dealkylation sites (tertiary alicyclic amines) is 1. The standard InChI is InChI=1S/C20H25FN4O/c21-18-5-2-1-4-17(18)15-24-12-8-20(9-13-24,25-11-3-10-23-25)19(26)22-14-16-6-7-16/h1-5,10-11,16H,6-9,12-15H2,(H,22,26). The lowest BCUT2D eigenvalue weighted by Gasteiger charge is -2.40. The molecule has 0 spiro atoms. The molecular weight excluding hydrogens is 331 g/mol. The van der Waals surface area contributed by atoms with Crippen LogP contribution in [-0.4, -0.2) is 40.2 Å². The van der Waals surface area contributed by atoms with Crippen molar-refractivity contribution in [2.45, 2.75) is 37.8 Å². The van der Waals surface area contributed by atoms with E-state index in [-0.39, 0.29) is 11.7 Å². The number of hydrogen-bond acceptors (Lipinski definition) is 3. The molecule has 1 aromatic heterocycles. The minimum atomic E-state index is -0.635. The molecule has 2 fully saturated rings. The summed E-state index contributed by atoms with van der Waals surface area (Å²) in [4.78, 5) is 15.2. The Balaban J connectivity index is 1.45. The number of piperidine rings is 1. The van der Waals surface area contributed by atoms with Crippen LogP contribution in [0.2, 0.25) is 0 Å². The third kappa shape index (κ3) is 3.51. The van der Waals surface area contributed by atoms with Crippen LogP contribution in [0.15, 0.2) is 42.7 Å². The van der Waals surface area contributed by atoms with Crippen molar-refractivity contribution in [2.75, 3.05) is 19.6 Å². The van der Waals surface area contributed by atoms with Gasteiger partial charge in [-0.3, -0.25) is 14.4 Å². The summed E-state index contributed by atoms with van der Waals surface area (Å²) in [6, 6.07) is 8.76. The second kappa shape index (κ2) is 7.19. The first kappa shape index (κ1) is 17.2. The Morgan fingerprint density at radius 3 is 2.65 bits per heavy atom. The van der Waals surface area contributed by atoms with Crippen LogP contribution in [0.5, 0.6) is 0 Å². The van der Waals surface area contributed by atoms with Gasteiger partial charge in [0.2, 0.25) is 5.91 Å².